The van der Waals surface area contributed by atoms with Crippen molar-refractivity contribution in [2.24, 2.45) is 11.7 Å². The van der Waals surface area contributed by atoms with Crippen LogP contribution in [-0.2, 0) is 25.6 Å². The first-order chi connectivity index (χ1) is 13.4. The van der Waals surface area contributed by atoms with E-state index in [1.165, 1.54) is 6.92 Å². The quantitative estimate of drug-likeness (QED) is 0.579. The molecule has 1 aromatic carbocycles. The molecule has 1 heterocycles. The van der Waals surface area contributed by atoms with Crippen molar-refractivity contribution in [3.05, 3.63) is 35.9 Å². The molecule has 2 unspecified atom stereocenters. The Hall–Kier alpha value is -2.90. The van der Waals surface area contributed by atoms with Crippen LogP contribution in [0.1, 0.15) is 31.7 Å². The van der Waals surface area contributed by atoms with E-state index < -0.39 is 11.9 Å². The number of nitrogens with two attached hydrogens (primary N) is 1. The third-order valence-electron chi connectivity index (χ3n) is 4.82. The normalized spacial score (nSPS) is 17.5. The number of rotatable bonds is 8. The van der Waals surface area contributed by atoms with Gasteiger partial charge in [-0.05, 0) is 18.4 Å². The van der Waals surface area contributed by atoms with E-state index in [9.17, 15) is 19.2 Å². The largest absolute Gasteiger partial charge is 0.370 e. The number of hydrogen-bond donors (Lipinski definition) is 3. The first-order valence-corrected chi connectivity index (χ1v) is 9.52. The molecule has 4 N–H and O–H groups in total. The highest BCUT2D eigenvalue weighted by Crippen LogP contribution is 2.17. The number of piperidine rings is 1. The number of carbonyl (C=O) groups excluding carboxylic acids is 4. The maximum atomic E-state index is 12.8. The fraction of sp³-hybridized carbons (Fsp3) is 0.500. The highest BCUT2D eigenvalue weighted by atomic mass is 16.2. The van der Waals surface area contributed by atoms with Crippen LogP contribution in [0.3, 0.4) is 0 Å². The predicted octanol–water partition coefficient (Wildman–Crippen LogP) is -0.0360. The van der Waals surface area contributed by atoms with Crippen LogP contribution in [0, 0.1) is 5.92 Å². The summed E-state index contributed by atoms with van der Waals surface area (Å²) in [7, 11) is 0. The van der Waals surface area contributed by atoms with Gasteiger partial charge in [-0.1, -0.05) is 30.3 Å². The van der Waals surface area contributed by atoms with Crippen molar-refractivity contribution in [3.63, 3.8) is 0 Å². The van der Waals surface area contributed by atoms with E-state index in [4.69, 9.17) is 5.73 Å². The highest BCUT2D eigenvalue weighted by Gasteiger charge is 2.30. The lowest BCUT2D eigenvalue weighted by atomic mass is 9.96. The lowest BCUT2D eigenvalue weighted by Gasteiger charge is -2.32. The average Bonchev–Trinajstić information content (AvgIpc) is 2.68. The number of primary amides is 1. The van der Waals surface area contributed by atoms with E-state index in [0.717, 1.165) is 12.0 Å². The van der Waals surface area contributed by atoms with E-state index in [1.54, 1.807) is 4.90 Å². The van der Waals surface area contributed by atoms with Gasteiger partial charge in [-0.25, -0.2) is 0 Å². The Morgan fingerprint density at radius 3 is 2.57 bits per heavy atom. The predicted molar refractivity (Wildman–Crippen MR) is 104 cm³/mol. The second-order valence-corrected chi connectivity index (χ2v) is 7.06. The van der Waals surface area contributed by atoms with Crippen LogP contribution in [-0.4, -0.2) is 54.2 Å². The highest BCUT2D eigenvalue weighted by molar-refractivity contribution is 5.89. The van der Waals surface area contributed by atoms with Gasteiger partial charge in [0.25, 0.3) is 0 Å². The number of hydrogen-bond acceptors (Lipinski definition) is 4. The van der Waals surface area contributed by atoms with Gasteiger partial charge in [-0.3, -0.25) is 19.2 Å². The molecule has 0 radical (unpaired) electrons. The van der Waals surface area contributed by atoms with Gasteiger partial charge in [0.15, 0.2) is 0 Å². The molecular weight excluding hydrogens is 360 g/mol. The fourth-order valence-corrected chi connectivity index (χ4v) is 3.26. The van der Waals surface area contributed by atoms with Crippen molar-refractivity contribution in [3.8, 4) is 0 Å². The number of nitrogens with zero attached hydrogens (tertiary/aromatic N) is 1. The van der Waals surface area contributed by atoms with E-state index >= 15 is 0 Å². The lowest BCUT2D eigenvalue weighted by Crippen LogP contribution is -2.52. The Labute approximate surface area is 164 Å². The van der Waals surface area contributed by atoms with Gasteiger partial charge in [0.2, 0.25) is 23.6 Å². The second-order valence-electron chi connectivity index (χ2n) is 7.06. The Kier molecular flexibility index (Phi) is 7.98. The van der Waals surface area contributed by atoms with Gasteiger partial charge in [0.05, 0.1) is 5.92 Å². The van der Waals surface area contributed by atoms with Crippen LogP contribution < -0.4 is 16.4 Å². The summed E-state index contributed by atoms with van der Waals surface area (Å²) >= 11 is 0. The van der Waals surface area contributed by atoms with Crippen molar-refractivity contribution in [1.82, 2.24) is 15.5 Å². The van der Waals surface area contributed by atoms with Gasteiger partial charge in [-0.15, -0.1) is 0 Å². The summed E-state index contributed by atoms with van der Waals surface area (Å²) < 4.78 is 0. The summed E-state index contributed by atoms with van der Waals surface area (Å²) in [5.74, 6) is -1.50. The van der Waals surface area contributed by atoms with E-state index in [-0.39, 0.29) is 36.6 Å². The maximum Gasteiger partial charge on any atom is 0.242 e. The number of amides is 4. The molecule has 1 aromatic rings. The summed E-state index contributed by atoms with van der Waals surface area (Å²) in [6.45, 7) is 2.63. The van der Waals surface area contributed by atoms with E-state index in [1.807, 2.05) is 30.3 Å². The molecule has 1 fully saturated rings. The zero-order valence-electron chi connectivity index (χ0n) is 16.1. The van der Waals surface area contributed by atoms with Gasteiger partial charge < -0.3 is 21.3 Å². The molecule has 0 bridgehead atoms. The SMILES string of the molecule is CC(=O)N1CCCC(C(=O)NC(Cc2ccccc2)C(=O)NCCC(N)=O)C1. The zero-order valence-corrected chi connectivity index (χ0v) is 16.1. The third kappa shape index (κ3) is 6.68. The van der Waals surface area contributed by atoms with Crippen molar-refractivity contribution >= 4 is 23.6 Å². The maximum absolute atomic E-state index is 12.8. The summed E-state index contributed by atoms with van der Waals surface area (Å²) in [5, 5.41) is 5.48. The molecule has 8 nitrogen and oxygen atoms in total. The van der Waals surface area contributed by atoms with Crippen LogP contribution in [0.25, 0.3) is 0 Å². The number of nitrogens with one attached hydrogen (secondary N) is 2. The van der Waals surface area contributed by atoms with E-state index in [2.05, 4.69) is 10.6 Å². The molecule has 2 atom stereocenters. The second kappa shape index (κ2) is 10.4. The Morgan fingerprint density at radius 2 is 1.93 bits per heavy atom. The first kappa shape index (κ1) is 21.4. The molecule has 1 saturated heterocycles. The van der Waals surface area contributed by atoms with Crippen LogP contribution in [0.15, 0.2) is 30.3 Å². The molecule has 152 valence electrons. The molecule has 1 aliphatic rings. The van der Waals surface area contributed by atoms with Crippen LogP contribution in [0.2, 0.25) is 0 Å². The van der Waals surface area contributed by atoms with Gasteiger partial charge in [0, 0.05) is 39.4 Å². The number of carbonyl (C=O) groups is 4. The molecule has 2 rings (SSSR count). The van der Waals surface area contributed by atoms with Crippen molar-refractivity contribution < 1.29 is 19.2 Å². The first-order valence-electron chi connectivity index (χ1n) is 9.52. The minimum Gasteiger partial charge on any atom is -0.370 e. The summed E-state index contributed by atoms with van der Waals surface area (Å²) in [6.07, 6.45) is 1.80. The Bertz CT molecular complexity index is 707. The molecule has 1 aliphatic heterocycles. The Morgan fingerprint density at radius 1 is 1.21 bits per heavy atom. The van der Waals surface area contributed by atoms with Crippen molar-refractivity contribution in [2.45, 2.75) is 38.6 Å². The lowest BCUT2D eigenvalue weighted by molar-refractivity contribution is -0.136. The topological polar surface area (TPSA) is 122 Å². The molecule has 0 aliphatic carbocycles. The summed E-state index contributed by atoms with van der Waals surface area (Å²) in [5.41, 5.74) is 6.01. The molecule has 0 aromatic heterocycles. The van der Waals surface area contributed by atoms with Gasteiger partial charge in [0.1, 0.15) is 6.04 Å². The van der Waals surface area contributed by atoms with Gasteiger partial charge in [-0.2, -0.15) is 0 Å². The minimum absolute atomic E-state index is 0.0357. The molecular formula is C20H28N4O4. The zero-order chi connectivity index (χ0) is 20.5. The van der Waals surface area contributed by atoms with Gasteiger partial charge >= 0.3 is 0 Å². The number of likely N-dealkylation sites (tertiary alicyclic amines) is 1. The average molecular weight is 388 g/mol. The molecule has 8 heteroatoms. The summed E-state index contributed by atoms with van der Waals surface area (Å²) in [4.78, 5) is 49.5. The third-order valence-corrected chi connectivity index (χ3v) is 4.82. The summed E-state index contributed by atoms with van der Waals surface area (Å²) in [6, 6.07) is 8.61. The molecule has 28 heavy (non-hydrogen) atoms. The number of benzene rings is 1. The van der Waals surface area contributed by atoms with Crippen LogP contribution in [0.5, 0.6) is 0 Å². The standard InChI is InChI=1S/C20H28N4O4/c1-14(25)24-11-5-8-16(13-24)19(27)23-17(12-15-6-3-2-4-7-15)20(28)22-10-9-18(21)26/h2-4,6-7,16-17H,5,8-13H2,1H3,(H2,21,26)(H,22,28)(H,23,27). The molecule has 0 saturated carbocycles. The van der Waals surface area contributed by atoms with Crippen LogP contribution in [0.4, 0.5) is 0 Å². The van der Waals surface area contributed by atoms with Crippen molar-refractivity contribution in [1.29, 1.82) is 0 Å². The fourth-order valence-electron chi connectivity index (χ4n) is 3.26. The van der Waals surface area contributed by atoms with Crippen molar-refractivity contribution in [2.75, 3.05) is 19.6 Å². The minimum atomic E-state index is -0.768. The molecule has 4 amide bonds. The monoisotopic (exact) mass is 388 g/mol. The van der Waals surface area contributed by atoms with Crippen LogP contribution >= 0.6 is 0 Å². The Balaban J connectivity index is 2.03. The molecule has 0 spiro atoms. The smallest absolute Gasteiger partial charge is 0.242 e. The van der Waals surface area contributed by atoms with E-state index in [0.29, 0.717) is 25.9 Å².